The molecule has 1 saturated heterocycles. The maximum absolute atomic E-state index is 12.9. The van der Waals surface area contributed by atoms with Crippen LogP contribution in [0.1, 0.15) is 24.0 Å². The summed E-state index contributed by atoms with van der Waals surface area (Å²) >= 11 is 0. The van der Waals surface area contributed by atoms with Crippen LogP contribution in [0.25, 0.3) is 0 Å². The molecule has 0 unspecified atom stereocenters. The summed E-state index contributed by atoms with van der Waals surface area (Å²) in [5.41, 5.74) is -2.02. The van der Waals surface area contributed by atoms with Crippen LogP contribution in [-0.2, 0) is 16.5 Å². The molecule has 1 aromatic carbocycles. The van der Waals surface area contributed by atoms with Crippen molar-refractivity contribution >= 4 is 0 Å². The average Bonchev–Trinajstić information content (AvgIpc) is 2.37. The Kier molecular flexibility index (Phi) is 3.73. The predicted molar refractivity (Wildman–Crippen MR) is 61.9 cm³/mol. The van der Waals surface area contributed by atoms with Crippen molar-refractivity contribution in [3.8, 4) is 5.75 Å². The molecular weight excluding hydrogens is 261 g/mol. The molecule has 0 bridgehead atoms. The van der Waals surface area contributed by atoms with Crippen molar-refractivity contribution in [1.29, 1.82) is 0 Å². The molecule has 2 rings (SSSR count). The fourth-order valence-corrected chi connectivity index (χ4v) is 2.33. The summed E-state index contributed by atoms with van der Waals surface area (Å²) in [4.78, 5) is 0. The van der Waals surface area contributed by atoms with E-state index in [1.165, 1.54) is 19.2 Å². The highest BCUT2D eigenvalue weighted by atomic mass is 19.4. The Hall–Kier alpha value is -1.27. The van der Waals surface area contributed by atoms with Crippen molar-refractivity contribution in [3.05, 3.63) is 29.3 Å². The van der Waals surface area contributed by atoms with Crippen molar-refractivity contribution in [3.63, 3.8) is 0 Å². The van der Waals surface area contributed by atoms with E-state index < -0.39 is 17.3 Å². The molecule has 0 aliphatic carbocycles. The van der Waals surface area contributed by atoms with Gasteiger partial charge in [0.2, 0.25) is 0 Å². The highest BCUT2D eigenvalue weighted by Crippen LogP contribution is 2.44. The first-order valence-corrected chi connectivity index (χ1v) is 5.93. The fraction of sp³-hybridized carbons (Fsp3) is 0.538. The maximum Gasteiger partial charge on any atom is 0.419 e. The van der Waals surface area contributed by atoms with Gasteiger partial charge in [-0.25, -0.2) is 0 Å². The Bertz CT molecular complexity index is 451. The molecule has 1 aliphatic heterocycles. The molecule has 0 spiro atoms. The molecule has 1 N–H and O–H groups in total. The van der Waals surface area contributed by atoms with Crippen LogP contribution in [-0.4, -0.2) is 25.4 Å². The predicted octanol–water partition coefficient (Wildman–Crippen LogP) is 2.71. The lowest BCUT2D eigenvalue weighted by atomic mass is 9.85. The average molecular weight is 276 g/mol. The topological polar surface area (TPSA) is 38.7 Å². The molecule has 0 radical (unpaired) electrons. The van der Waals surface area contributed by atoms with E-state index in [4.69, 9.17) is 9.47 Å². The summed E-state index contributed by atoms with van der Waals surface area (Å²) in [6.45, 7) is 0.631. The summed E-state index contributed by atoms with van der Waals surface area (Å²) in [6.07, 6.45) is -4.00. The molecule has 1 heterocycles. The van der Waals surface area contributed by atoms with Gasteiger partial charge in [0.25, 0.3) is 0 Å². The number of hydrogen-bond acceptors (Lipinski definition) is 3. The number of alkyl halides is 3. The molecule has 0 aromatic heterocycles. The zero-order chi connectivity index (χ0) is 14.1. The molecule has 106 valence electrons. The lowest BCUT2D eigenvalue weighted by Crippen LogP contribution is -2.34. The summed E-state index contributed by atoms with van der Waals surface area (Å²) in [6, 6.07) is 3.71. The molecule has 3 nitrogen and oxygen atoms in total. The zero-order valence-electron chi connectivity index (χ0n) is 10.5. The molecule has 19 heavy (non-hydrogen) atoms. The van der Waals surface area contributed by atoms with Crippen LogP contribution in [0, 0.1) is 0 Å². The smallest absolute Gasteiger partial charge is 0.419 e. The van der Waals surface area contributed by atoms with Gasteiger partial charge in [-0.05, 0) is 6.07 Å². The van der Waals surface area contributed by atoms with Gasteiger partial charge in [-0.1, -0.05) is 12.1 Å². The third-order valence-electron chi connectivity index (χ3n) is 3.35. The Morgan fingerprint density at radius 2 is 1.89 bits per heavy atom. The van der Waals surface area contributed by atoms with E-state index in [1.54, 1.807) is 0 Å². The van der Waals surface area contributed by atoms with Gasteiger partial charge < -0.3 is 14.6 Å². The number of para-hydroxylation sites is 1. The van der Waals surface area contributed by atoms with Gasteiger partial charge in [0.15, 0.2) is 0 Å². The van der Waals surface area contributed by atoms with Crippen LogP contribution >= 0.6 is 0 Å². The quantitative estimate of drug-likeness (QED) is 0.902. The van der Waals surface area contributed by atoms with Crippen molar-refractivity contribution < 1.29 is 27.8 Å². The van der Waals surface area contributed by atoms with E-state index in [1.807, 2.05) is 0 Å². The lowest BCUT2D eigenvalue weighted by molar-refractivity contribution is -0.139. The van der Waals surface area contributed by atoms with E-state index in [-0.39, 0.29) is 24.2 Å². The van der Waals surface area contributed by atoms with E-state index in [9.17, 15) is 18.3 Å². The zero-order valence-corrected chi connectivity index (χ0v) is 10.5. The van der Waals surface area contributed by atoms with Gasteiger partial charge in [0.05, 0.1) is 18.3 Å². The SMILES string of the molecule is COc1c(C(F)(F)F)cccc1C1(O)CCOCC1. The van der Waals surface area contributed by atoms with Crippen molar-refractivity contribution in [1.82, 2.24) is 0 Å². The van der Waals surface area contributed by atoms with Crippen molar-refractivity contribution in [2.24, 2.45) is 0 Å². The summed E-state index contributed by atoms with van der Waals surface area (Å²) < 4.78 is 48.8. The second kappa shape index (κ2) is 5.02. The lowest BCUT2D eigenvalue weighted by Gasteiger charge is -2.34. The number of halogens is 3. The number of benzene rings is 1. The van der Waals surface area contributed by atoms with Crippen LogP contribution < -0.4 is 4.74 Å². The molecule has 1 aromatic rings. The van der Waals surface area contributed by atoms with Gasteiger partial charge in [0.1, 0.15) is 5.75 Å². The largest absolute Gasteiger partial charge is 0.496 e. The third kappa shape index (κ3) is 2.69. The van der Waals surface area contributed by atoms with Gasteiger partial charge in [-0.15, -0.1) is 0 Å². The molecular formula is C13H15F3O3. The summed E-state index contributed by atoms with van der Waals surface area (Å²) in [5.74, 6) is -0.306. The van der Waals surface area contributed by atoms with Crippen LogP contribution in [0.2, 0.25) is 0 Å². The number of rotatable bonds is 2. The second-order valence-corrected chi connectivity index (χ2v) is 4.53. The molecule has 1 fully saturated rings. The van der Waals surface area contributed by atoms with Crippen LogP contribution in [0.5, 0.6) is 5.75 Å². The maximum atomic E-state index is 12.9. The number of aliphatic hydroxyl groups is 1. The highest BCUT2D eigenvalue weighted by Gasteiger charge is 2.40. The van der Waals surface area contributed by atoms with Crippen molar-refractivity contribution in [2.45, 2.75) is 24.6 Å². The van der Waals surface area contributed by atoms with Gasteiger partial charge in [0, 0.05) is 31.6 Å². The summed E-state index contributed by atoms with van der Waals surface area (Å²) in [7, 11) is 1.18. The minimum Gasteiger partial charge on any atom is -0.496 e. The number of hydrogen-bond donors (Lipinski definition) is 1. The van der Waals surface area contributed by atoms with Gasteiger partial charge in [-0.2, -0.15) is 13.2 Å². The van der Waals surface area contributed by atoms with Gasteiger partial charge in [-0.3, -0.25) is 0 Å². The molecule has 6 heteroatoms. The molecule has 0 amide bonds. The Labute approximate surface area is 108 Å². The van der Waals surface area contributed by atoms with Crippen LogP contribution in [0.4, 0.5) is 13.2 Å². The van der Waals surface area contributed by atoms with Gasteiger partial charge >= 0.3 is 6.18 Å². The minimum atomic E-state index is -4.51. The van der Waals surface area contributed by atoms with E-state index in [2.05, 4.69) is 0 Å². The standard InChI is InChI=1S/C13H15F3O3/c1-18-11-9(12(17)5-7-19-8-6-12)3-2-4-10(11)13(14,15)16/h2-4,17H,5-8H2,1H3. The fourth-order valence-electron chi connectivity index (χ4n) is 2.33. The first-order chi connectivity index (χ1) is 8.88. The normalized spacial score (nSPS) is 19.2. The Morgan fingerprint density at radius 3 is 2.42 bits per heavy atom. The Balaban J connectivity index is 2.51. The van der Waals surface area contributed by atoms with E-state index >= 15 is 0 Å². The first-order valence-electron chi connectivity index (χ1n) is 5.93. The summed E-state index contributed by atoms with van der Waals surface area (Å²) in [5, 5.41) is 10.5. The number of ether oxygens (including phenoxy) is 2. The Morgan fingerprint density at radius 1 is 1.26 bits per heavy atom. The van der Waals surface area contributed by atoms with Crippen LogP contribution in [0.3, 0.4) is 0 Å². The monoisotopic (exact) mass is 276 g/mol. The van der Waals surface area contributed by atoms with Crippen LogP contribution in [0.15, 0.2) is 18.2 Å². The third-order valence-corrected chi connectivity index (χ3v) is 3.35. The minimum absolute atomic E-state index is 0.174. The second-order valence-electron chi connectivity index (χ2n) is 4.53. The molecule has 1 aliphatic rings. The van der Waals surface area contributed by atoms with E-state index in [0.29, 0.717) is 13.2 Å². The van der Waals surface area contributed by atoms with E-state index in [0.717, 1.165) is 6.07 Å². The molecule has 0 atom stereocenters. The van der Waals surface area contributed by atoms with Crippen molar-refractivity contribution in [2.75, 3.05) is 20.3 Å². The highest BCUT2D eigenvalue weighted by molar-refractivity contribution is 5.46. The first kappa shape index (κ1) is 14.1. The number of methoxy groups -OCH3 is 1. The molecule has 0 saturated carbocycles.